The van der Waals surface area contributed by atoms with Crippen molar-refractivity contribution >= 4 is 21.9 Å². The van der Waals surface area contributed by atoms with Crippen LogP contribution in [0.4, 0.5) is 0 Å². The molecule has 172 valence electrons. The summed E-state index contributed by atoms with van der Waals surface area (Å²) in [5.74, 6) is 0.548. The molecule has 6 rings (SSSR count). The largest absolute Gasteiger partial charge is 0.454 e. The van der Waals surface area contributed by atoms with Crippen LogP contribution in [-0.2, 0) is 7.05 Å². The molecule has 0 saturated heterocycles. The van der Waals surface area contributed by atoms with Gasteiger partial charge in [0, 0.05) is 51.8 Å². The lowest BCUT2D eigenvalue weighted by molar-refractivity contribution is -0.660. The Labute approximate surface area is 205 Å². The standard InChI is InChI=1S/C31H28N3O/c1-20-11-14-24-25-15-12-22(18-32)29(23-13-16-26(33-19-23)21-8-4-3-5-9-21)31(25)35-30(24)28(20)27-10-6-7-17-34(27)2/h6-7,10-17,19,21H,3-5,8-9H2,1-2H3/q+1. The molecule has 0 N–H and O–H groups in total. The van der Waals surface area contributed by atoms with E-state index in [1.807, 2.05) is 24.4 Å². The number of nitrogens with zero attached hydrogens (tertiary/aromatic N) is 3. The third-order valence-electron chi connectivity index (χ3n) is 7.55. The van der Waals surface area contributed by atoms with Crippen LogP contribution in [0, 0.1) is 18.3 Å². The third kappa shape index (κ3) is 3.59. The van der Waals surface area contributed by atoms with E-state index in [4.69, 9.17) is 9.40 Å². The minimum atomic E-state index is 0.548. The van der Waals surface area contributed by atoms with Crippen molar-refractivity contribution in [3.8, 4) is 28.5 Å². The van der Waals surface area contributed by atoms with Crippen LogP contribution < -0.4 is 4.57 Å². The number of nitriles is 1. The van der Waals surface area contributed by atoms with Crippen molar-refractivity contribution < 1.29 is 8.98 Å². The molecule has 2 aromatic carbocycles. The molecule has 0 amide bonds. The maximum Gasteiger partial charge on any atom is 0.216 e. The summed E-state index contributed by atoms with van der Waals surface area (Å²) < 4.78 is 8.77. The van der Waals surface area contributed by atoms with Crippen LogP contribution in [0.1, 0.15) is 54.8 Å². The van der Waals surface area contributed by atoms with Gasteiger partial charge in [0.25, 0.3) is 0 Å². The van der Waals surface area contributed by atoms with Crippen molar-refractivity contribution in [2.75, 3.05) is 0 Å². The van der Waals surface area contributed by atoms with Crippen LogP contribution >= 0.6 is 0 Å². The Morgan fingerprint density at radius 1 is 0.914 bits per heavy atom. The van der Waals surface area contributed by atoms with Gasteiger partial charge in [-0.1, -0.05) is 37.5 Å². The zero-order chi connectivity index (χ0) is 23.9. The first kappa shape index (κ1) is 21.6. The highest BCUT2D eigenvalue weighted by Crippen LogP contribution is 2.42. The summed E-state index contributed by atoms with van der Waals surface area (Å²) in [6, 6.07) is 21.0. The minimum absolute atomic E-state index is 0.548. The van der Waals surface area contributed by atoms with Gasteiger partial charge in [-0.15, -0.1) is 0 Å². The summed E-state index contributed by atoms with van der Waals surface area (Å²) in [4.78, 5) is 4.85. The topological polar surface area (TPSA) is 53.7 Å². The summed E-state index contributed by atoms with van der Waals surface area (Å²) in [5, 5.41) is 12.0. The van der Waals surface area contributed by atoms with Crippen molar-refractivity contribution in [1.82, 2.24) is 4.98 Å². The van der Waals surface area contributed by atoms with E-state index < -0.39 is 0 Å². The Hall–Kier alpha value is -3.97. The van der Waals surface area contributed by atoms with Gasteiger partial charge in [-0.2, -0.15) is 5.26 Å². The number of hydrogen-bond acceptors (Lipinski definition) is 3. The molecule has 0 unspecified atom stereocenters. The second-order valence-corrected chi connectivity index (χ2v) is 9.72. The number of aromatic nitrogens is 2. The Kier molecular flexibility index (Phi) is 5.34. The highest BCUT2D eigenvalue weighted by molar-refractivity contribution is 6.13. The molecule has 0 aliphatic heterocycles. The van der Waals surface area contributed by atoms with Crippen LogP contribution in [0.15, 0.2) is 71.4 Å². The molecule has 0 radical (unpaired) electrons. The second-order valence-electron chi connectivity index (χ2n) is 9.72. The zero-order valence-corrected chi connectivity index (χ0v) is 20.2. The molecule has 0 atom stereocenters. The molecule has 3 heterocycles. The maximum atomic E-state index is 9.97. The molecule has 5 aromatic rings. The molecule has 4 nitrogen and oxygen atoms in total. The number of hydrogen-bond donors (Lipinski definition) is 0. The van der Waals surface area contributed by atoms with E-state index in [0.717, 1.165) is 49.9 Å². The lowest BCUT2D eigenvalue weighted by atomic mass is 9.86. The highest BCUT2D eigenvalue weighted by atomic mass is 16.3. The summed E-state index contributed by atoms with van der Waals surface area (Å²) >= 11 is 0. The number of fused-ring (bicyclic) bond motifs is 3. The molecule has 1 aliphatic carbocycles. The number of pyridine rings is 2. The average Bonchev–Trinajstić information content (AvgIpc) is 3.28. The number of aryl methyl sites for hydroxylation is 2. The van der Waals surface area contributed by atoms with Crippen molar-refractivity contribution in [2.24, 2.45) is 7.05 Å². The normalized spacial score (nSPS) is 14.4. The molecular formula is C31H28N3O+. The van der Waals surface area contributed by atoms with Crippen LogP contribution in [0.2, 0.25) is 0 Å². The van der Waals surface area contributed by atoms with Crippen LogP contribution in [-0.4, -0.2) is 4.98 Å². The average molecular weight is 459 g/mol. The fourth-order valence-corrected chi connectivity index (χ4v) is 5.68. The van der Waals surface area contributed by atoms with Crippen molar-refractivity contribution in [3.63, 3.8) is 0 Å². The van der Waals surface area contributed by atoms with E-state index in [-0.39, 0.29) is 0 Å². The molecule has 35 heavy (non-hydrogen) atoms. The number of benzene rings is 2. The second kappa shape index (κ2) is 8.67. The van der Waals surface area contributed by atoms with Crippen LogP contribution in [0.5, 0.6) is 0 Å². The van der Waals surface area contributed by atoms with E-state index in [0.29, 0.717) is 11.5 Å². The van der Waals surface area contributed by atoms with Crippen LogP contribution in [0.25, 0.3) is 44.3 Å². The Balaban J connectivity index is 1.57. The van der Waals surface area contributed by atoms with Gasteiger partial charge in [0.2, 0.25) is 5.69 Å². The molecule has 1 aliphatic rings. The molecular weight excluding hydrogens is 430 g/mol. The van der Waals surface area contributed by atoms with Gasteiger partial charge in [0.05, 0.1) is 17.2 Å². The quantitative estimate of drug-likeness (QED) is 0.265. The van der Waals surface area contributed by atoms with Gasteiger partial charge in [-0.05, 0) is 49.6 Å². The van der Waals surface area contributed by atoms with Gasteiger partial charge in [0.15, 0.2) is 6.20 Å². The highest BCUT2D eigenvalue weighted by Gasteiger charge is 2.23. The van der Waals surface area contributed by atoms with Gasteiger partial charge in [-0.25, -0.2) is 4.57 Å². The fraction of sp³-hybridized carbons (Fsp3) is 0.258. The van der Waals surface area contributed by atoms with Gasteiger partial charge < -0.3 is 4.42 Å². The van der Waals surface area contributed by atoms with Crippen molar-refractivity contribution in [3.05, 3.63) is 83.8 Å². The first-order chi connectivity index (χ1) is 17.2. The van der Waals surface area contributed by atoms with E-state index in [9.17, 15) is 5.26 Å². The van der Waals surface area contributed by atoms with E-state index in [1.54, 1.807) is 0 Å². The van der Waals surface area contributed by atoms with Gasteiger partial charge in [0.1, 0.15) is 18.2 Å². The van der Waals surface area contributed by atoms with Gasteiger partial charge >= 0.3 is 0 Å². The summed E-state index contributed by atoms with van der Waals surface area (Å²) in [6.45, 7) is 2.12. The first-order valence-electron chi connectivity index (χ1n) is 12.5. The fourth-order valence-electron chi connectivity index (χ4n) is 5.68. The van der Waals surface area contributed by atoms with E-state index in [2.05, 4.69) is 67.2 Å². The predicted molar refractivity (Wildman–Crippen MR) is 139 cm³/mol. The molecule has 0 bridgehead atoms. The lowest BCUT2D eigenvalue weighted by Gasteiger charge is -2.21. The summed E-state index contributed by atoms with van der Waals surface area (Å²) in [7, 11) is 2.05. The minimum Gasteiger partial charge on any atom is -0.454 e. The molecule has 4 heteroatoms. The lowest BCUT2D eigenvalue weighted by Crippen LogP contribution is -2.30. The predicted octanol–water partition coefficient (Wildman–Crippen LogP) is 7.37. The monoisotopic (exact) mass is 458 g/mol. The maximum absolute atomic E-state index is 9.97. The van der Waals surface area contributed by atoms with E-state index >= 15 is 0 Å². The van der Waals surface area contributed by atoms with Crippen molar-refractivity contribution in [1.29, 1.82) is 5.26 Å². The Morgan fingerprint density at radius 2 is 1.69 bits per heavy atom. The molecule has 1 saturated carbocycles. The van der Waals surface area contributed by atoms with Gasteiger partial charge in [-0.3, -0.25) is 4.98 Å². The molecule has 1 fully saturated rings. The van der Waals surface area contributed by atoms with Crippen molar-refractivity contribution in [2.45, 2.75) is 44.9 Å². The van der Waals surface area contributed by atoms with E-state index in [1.165, 1.54) is 37.8 Å². The molecule has 3 aromatic heterocycles. The number of rotatable bonds is 3. The molecule has 0 spiro atoms. The zero-order valence-electron chi connectivity index (χ0n) is 20.2. The first-order valence-corrected chi connectivity index (χ1v) is 12.5. The smallest absolute Gasteiger partial charge is 0.216 e. The number of furan rings is 1. The summed E-state index contributed by atoms with van der Waals surface area (Å²) in [6.07, 6.45) is 10.3. The summed E-state index contributed by atoms with van der Waals surface area (Å²) in [5.41, 5.74) is 8.44. The van der Waals surface area contributed by atoms with Crippen LogP contribution in [0.3, 0.4) is 0 Å². The Morgan fingerprint density at radius 3 is 2.40 bits per heavy atom. The SMILES string of the molecule is Cc1ccc2c(oc3c(-c4ccc(C5CCCCC5)nc4)c(C#N)ccc32)c1-c1cccc[n+]1C. The Bertz CT molecular complexity index is 1600. The third-order valence-corrected chi connectivity index (χ3v) is 7.55.